The summed E-state index contributed by atoms with van der Waals surface area (Å²) in [6.45, 7) is 9.73. The van der Waals surface area contributed by atoms with Gasteiger partial charge >= 0.3 is 5.97 Å². The molecule has 0 aliphatic heterocycles. The molecule has 0 bridgehead atoms. The van der Waals surface area contributed by atoms with Crippen LogP contribution in [0.4, 0.5) is 0 Å². The minimum Gasteiger partial charge on any atom is -0.463 e. The molecular formula is C12H23NO2. The molecule has 0 spiro atoms. The Balaban J connectivity index is 3.70. The van der Waals surface area contributed by atoms with E-state index in [1.54, 1.807) is 6.92 Å². The second-order valence-corrected chi connectivity index (χ2v) is 3.77. The van der Waals surface area contributed by atoms with E-state index in [1.807, 2.05) is 7.05 Å². The van der Waals surface area contributed by atoms with Crippen molar-refractivity contribution < 1.29 is 9.53 Å². The van der Waals surface area contributed by atoms with Crippen LogP contribution in [0.5, 0.6) is 0 Å². The van der Waals surface area contributed by atoms with Gasteiger partial charge in [0.25, 0.3) is 0 Å². The number of carbonyl (C=O) groups is 1. The summed E-state index contributed by atoms with van der Waals surface area (Å²) < 4.78 is 4.87. The van der Waals surface area contributed by atoms with Gasteiger partial charge in [-0.2, -0.15) is 0 Å². The molecule has 0 atom stereocenters. The van der Waals surface area contributed by atoms with E-state index in [-0.39, 0.29) is 5.97 Å². The number of rotatable bonds is 8. The summed E-state index contributed by atoms with van der Waals surface area (Å²) in [5, 5.41) is 0. The van der Waals surface area contributed by atoms with Crippen molar-refractivity contribution in [3.63, 3.8) is 0 Å². The summed E-state index contributed by atoms with van der Waals surface area (Å²) in [5.74, 6) is -0.278. The molecule has 15 heavy (non-hydrogen) atoms. The Morgan fingerprint density at radius 1 is 1.33 bits per heavy atom. The Labute approximate surface area is 93.1 Å². The van der Waals surface area contributed by atoms with Gasteiger partial charge in [0.15, 0.2) is 0 Å². The molecule has 0 aliphatic carbocycles. The molecule has 0 heterocycles. The number of carbonyl (C=O) groups excluding carboxylic acids is 1. The van der Waals surface area contributed by atoms with Crippen molar-refractivity contribution in [2.75, 3.05) is 26.7 Å². The fourth-order valence-electron chi connectivity index (χ4n) is 1.33. The average Bonchev–Trinajstić information content (AvgIpc) is 2.18. The molecule has 0 aliphatic rings. The Morgan fingerprint density at radius 2 is 2.00 bits per heavy atom. The lowest BCUT2D eigenvalue weighted by Crippen LogP contribution is -2.25. The predicted octanol–water partition coefficient (Wildman–Crippen LogP) is 2.23. The first-order valence-electron chi connectivity index (χ1n) is 5.65. The molecule has 0 N–H and O–H groups in total. The van der Waals surface area contributed by atoms with Gasteiger partial charge in [-0.15, -0.1) is 0 Å². The molecule has 0 aromatic rings. The van der Waals surface area contributed by atoms with Crippen LogP contribution in [0.3, 0.4) is 0 Å². The first-order valence-corrected chi connectivity index (χ1v) is 5.65. The van der Waals surface area contributed by atoms with Crippen LogP contribution in [0.15, 0.2) is 12.2 Å². The minimum atomic E-state index is -0.278. The highest BCUT2D eigenvalue weighted by Gasteiger charge is 2.09. The van der Waals surface area contributed by atoms with Crippen molar-refractivity contribution in [1.82, 2.24) is 4.90 Å². The summed E-state index contributed by atoms with van der Waals surface area (Å²) in [7, 11) is 2.00. The van der Waals surface area contributed by atoms with Crippen molar-refractivity contribution in [3.05, 3.63) is 12.2 Å². The number of hydrogen-bond donors (Lipinski definition) is 0. The average molecular weight is 213 g/mol. The Bertz CT molecular complexity index is 202. The van der Waals surface area contributed by atoms with Gasteiger partial charge < -0.3 is 9.64 Å². The minimum absolute atomic E-state index is 0.278. The number of likely N-dealkylation sites (N-methyl/N-ethyl adjacent to an activating group) is 1. The molecule has 0 fully saturated rings. The van der Waals surface area contributed by atoms with Crippen LogP contribution >= 0.6 is 0 Å². The third-order valence-corrected chi connectivity index (χ3v) is 2.17. The van der Waals surface area contributed by atoms with Crippen LogP contribution in [0, 0.1) is 0 Å². The van der Waals surface area contributed by atoms with Gasteiger partial charge in [-0.1, -0.05) is 26.3 Å². The van der Waals surface area contributed by atoms with E-state index in [1.165, 1.54) is 19.3 Å². The quantitative estimate of drug-likeness (QED) is 0.352. The zero-order valence-corrected chi connectivity index (χ0v) is 10.2. The van der Waals surface area contributed by atoms with E-state index in [0.717, 1.165) is 6.54 Å². The lowest BCUT2D eigenvalue weighted by atomic mass is 10.2. The van der Waals surface area contributed by atoms with Gasteiger partial charge in [0.1, 0.15) is 0 Å². The molecule has 0 aromatic carbocycles. The molecule has 3 heteroatoms. The van der Waals surface area contributed by atoms with Gasteiger partial charge in [0.2, 0.25) is 0 Å². The normalized spacial score (nSPS) is 10.4. The highest BCUT2D eigenvalue weighted by Crippen LogP contribution is 2.01. The number of hydrogen-bond acceptors (Lipinski definition) is 3. The molecule has 0 radical (unpaired) electrons. The summed E-state index contributed by atoms with van der Waals surface area (Å²) in [6, 6.07) is 0. The number of unbranched alkanes of at least 4 members (excludes halogenated alkanes) is 2. The van der Waals surface area contributed by atoms with E-state index in [2.05, 4.69) is 18.4 Å². The standard InChI is InChI=1S/C12H23NO2/c1-5-7-8-9-13(4)10-11(3)12(14)15-6-2/h3,5-10H2,1-2,4H3. The maximum absolute atomic E-state index is 11.3. The van der Waals surface area contributed by atoms with Crippen LogP contribution in [0.25, 0.3) is 0 Å². The lowest BCUT2D eigenvalue weighted by Gasteiger charge is -2.16. The van der Waals surface area contributed by atoms with Gasteiger partial charge in [-0.3, -0.25) is 0 Å². The molecule has 0 saturated carbocycles. The molecule has 0 unspecified atom stereocenters. The highest BCUT2D eigenvalue weighted by atomic mass is 16.5. The largest absolute Gasteiger partial charge is 0.463 e. The zero-order valence-electron chi connectivity index (χ0n) is 10.2. The third kappa shape index (κ3) is 7.14. The maximum atomic E-state index is 11.3. The Hall–Kier alpha value is -0.830. The number of nitrogens with zero attached hydrogens (tertiary/aromatic N) is 1. The van der Waals surface area contributed by atoms with Crippen molar-refractivity contribution in [1.29, 1.82) is 0 Å². The maximum Gasteiger partial charge on any atom is 0.334 e. The highest BCUT2D eigenvalue weighted by molar-refractivity contribution is 5.88. The van der Waals surface area contributed by atoms with E-state index < -0.39 is 0 Å². The fourth-order valence-corrected chi connectivity index (χ4v) is 1.33. The predicted molar refractivity (Wildman–Crippen MR) is 62.8 cm³/mol. The van der Waals surface area contributed by atoms with E-state index in [0.29, 0.717) is 18.7 Å². The van der Waals surface area contributed by atoms with Crippen LogP contribution in [-0.4, -0.2) is 37.6 Å². The summed E-state index contributed by atoms with van der Waals surface area (Å²) in [4.78, 5) is 13.4. The SMILES string of the molecule is C=C(CN(C)CCCCC)C(=O)OCC. The second-order valence-electron chi connectivity index (χ2n) is 3.77. The zero-order chi connectivity index (χ0) is 11.7. The smallest absolute Gasteiger partial charge is 0.334 e. The molecule has 0 rings (SSSR count). The van der Waals surface area contributed by atoms with Crippen LogP contribution < -0.4 is 0 Å². The summed E-state index contributed by atoms with van der Waals surface area (Å²) >= 11 is 0. The van der Waals surface area contributed by atoms with Gasteiger partial charge in [-0.25, -0.2) is 4.79 Å². The molecule has 0 amide bonds. The van der Waals surface area contributed by atoms with E-state index in [9.17, 15) is 4.79 Å². The fraction of sp³-hybridized carbons (Fsp3) is 0.750. The second kappa shape index (κ2) is 8.48. The molecular weight excluding hydrogens is 190 g/mol. The van der Waals surface area contributed by atoms with Crippen molar-refractivity contribution >= 4 is 5.97 Å². The molecule has 0 aromatic heterocycles. The first kappa shape index (κ1) is 14.2. The third-order valence-electron chi connectivity index (χ3n) is 2.17. The lowest BCUT2D eigenvalue weighted by molar-refractivity contribution is -0.138. The first-order chi connectivity index (χ1) is 7.11. The monoisotopic (exact) mass is 213 g/mol. The van der Waals surface area contributed by atoms with Gasteiger partial charge in [-0.05, 0) is 26.9 Å². The molecule has 3 nitrogen and oxygen atoms in total. The van der Waals surface area contributed by atoms with Crippen LogP contribution in [0.1, 0.15) is 33.1 Å². The van der Waals surface area contributed by atoms with E-state index >= 15 is 0 Å². The molecule has 0 saturated heterocycles. The Morgan fingerprint density at radius 3 is 2.53 bits per heavy atom. The number of ether oxygens (including phenoxy) is 1. The summed E-state index contributed by atoms with van der Waals surface area (Å²) in [5.41, 5.74) is 0.538. The van der Waals surface area contributed by atoms with Crippen molar-refractivity contribution in [2.45, 2.75) is 33.1 Å². The van der Waals surface area contributed by atoms with Gasteiger partial charge in [0.05, 0.1) is 6.61 Å². The van der Waals surface area contributed by atoms with Gasteiger partial charge in [0, 0.05) is 12.1 Å². The summed E-state index contributed by atoms with van der Waals surface area (Å²) in [6.07, 6.45) is 3.62. The molecule has 88 valence electrons. The van der Waals surface area contributed by atoms with Crippen LogP contribution in [0.2, 0.25) is 0 Å². The van der Waals surface area contributed by atoms with E-state index in [4.69, 9.17) is 4.74 Å². The Kier molecular flexibility index (Phi) is 8.01. The topological polar surface area (TPSA) is 29.5 Å². The number of esters is 1. The van der Waals surface area contributed by atoms with Crippen LogP contribution in [-0.2, 0) is 9.53 Å². The van der Waals surface area contributed by atoms with Crippen molar-refractivity contribution in [3.8, 4) is 0 Å². The van der Waals surface area contributed by atoms with Crippen molar-refractivity contribution in [2.24, 2.45) is 0 Å².